The second-order valence-corrected chi connectivity index (χ2v) is 4.80. The van der Waals surface area contributed by atoms with Gasteiger partial charge in [0.05, 0.1) is 0 Å². The number of hydrogen-bond acceptors (Lipinski definition) is 3. The summed E-state index contributed by atoms with van der Waals surface area (Å²) in [5.41, 5.74) is 0. The Balaban J connectivity index is 0.000000487. The van der Waals surface area contributed by atoms with Crippen molar-refractivity contribution in [2.45, 2.75) is 31.6 Å². The van der Waals surface area contributed by atoms with E-state index in [9.17, 15) is 4.57 Å². The van der Waals surface area contributed by atoms with Crippen molar-refractivity contribution in [3.05, 3.63) is 30.3 Å². The smallest absolute Gasteiger partial charge is 0.317 e. The fraction of sp³-hybridized carbons (Fsp3) is 0.455. The second kappa shape index (κ2) is 11.2. The average Bonchev–Trinajstić information content (AvgIpc) is 2.30. The van der Waals surface area contributed by atoms with Crippen molar-refractivity contribution in [3.63, 3.8) is 0 Å². The Hall–Kier alpha value is -0.280. The van der Waals surface area contributed by atoms with E-state index in [1.54, 1.807) is 0 Å². The molecule has 1 atom stereocenters. The molecule has 0 aliphatic rings. The molecule has 1 rings (SSSR count). The van der Waals surface area contributed by atoms with Gasteiger partial charge < -0.3 is 4.89 Å². The Morgan fingerprint density at radius 3 is 2.25 bits per heavy atom. The fourth-order valence-corrected chi connectivity index (χ4v) is 1.79. The number of thioether (sulfide) groups is 1. The van der Waals surface area contributed by atoms with Crippen LogP contribution in [0.1, 0.15) is 26.7 Å². The average molecular weight is 262 g/mol. The van der Waals surface area contributed by atoms with Crippen molar-refractivity contribution in [1.29, 1.82) is 0 Å². The Morgan fingerprint density at radius 2 is 1.81 bits per heavy atom. The van der Waals surface area contributed by atoms with Gasteiger partial charge in [-0.2, -0.15) is 0 Å². The van der Waals surface area contributed by atoms with E-state index in [0.29, 0.717) is 0 Å². The summed E-state index contributed by atoms with van der Waals surface area (Å²) in [5.74, 6) is 0.221. The summed E-state index contributed by atoms with van der Waals surface area (Å²) < 4.78 is 14.6. The molecule has 0 aromatic heterocycles. The lowest BCUT2D eigenvalue weighted by atomic mass is 10.4. The molecule has 0 radical (unpaired) electrons. The summed E-state index contributed by atoms with van der Waals surface area (Å²) in [5, 5.41) is 0. The molecule has 1 aromatic rings. The molecule has 0 amide bonds. The van der Waals surface area contributed by atoms with Crippen molar-refractivity contribution in [2.24, 2.45) is 0 Å². The maximum atomic E-state index is 10.1. The highest BCUT2D eigenvalue weighted by atomic mass is 32.2. The van der Waals surface area contributed by atoms with E-state index in [1.807, 2.05) is 30.3 Å². The summed E-state index contributed by atoms with van der Waals surface area (Å²) >= 11 is 1.39. The highest BCUT2D eigenvalue weighted by Crippen LogP contribution is 2.23. The van der Waals surface area contributed by atoms with Crippen LogP contribution in [-0.4, -0.2) is 10.8 Å². The lowest BCUT2D eigenvalue weighted by molar-refractivity contribution is 0.331. The normalized spacial score (nSPS) is 11.4. The molecule has 92 valence electrons. The topological polar surface area (TPSA) is 46.5 Å². The van der Waals surface area contributed by atoms with Crippen molar-refractivity contribution < 1.29 is 14.0 Å². The zero-order chi connectivity index (χ0) is 12.2. The van der Waals surface area contributed by atoms with Crippen LogP contribution < -0.4 is 0 Å². The van der Waals surface area contributed by atoms with Gasteiger partial charge in [0, 0.05) is 4.90 Å². The first kappa shape index (κ1) is 15.7. The summed E-state index contributed by atoms with van der Waals surface area (Å²) in [6.07, 6.45) is 2.64. The van der Waals surface area contributed by atoms with Gasteiger partial charge in [-0.1, -0.05) is 56.7 Å². The van der Waals surface area contributed by atoms with Gasteiger partial charge >= 0.3 is 8.25 Å². The Labute approximate surface area is 102 Å². The van der Waals surface area contributed by atoms with Crippen LogP contribution in [0.15, 0.2) is 35.2 Å². The maximum Gasteiger partial charge on any atom is 0.317 e. The number of rotatable bonds is 5. The highest BCUT2D eigenvalue weighted by molar-refractivity contribution is 7.99. The van der Waals surface area contributed by atoms with Gasteiger partial charge in [0.15, 0.2) is 0 Å². The molecule has 5 heteroatoms. The molecule has 0 spiro atoms. The molecule has 1 unspecified atom stereocenters. The molecule has 0 aliphatic carbocycles. The standard InChI is InChI=1S/C7H9O3PS.C4H10/c8-11(9)10-6-12-7-4-2-1-3-5-7;1-3-4-2/h1-5,11H,6H2,(H,8,9);3-4H2,1-2H3. The minimum atomic E-state index is -2.78. The van der Waals surface area contributed by atoms with E-state index in [1.165, 1.54) is 24.6 Å². The highest BCUT2D eigenvalue weighted by Gasteiger charge is 1.94. The van der Waals surface area contributed by atoms with Crippen molar-refractivity contribution in [1.82, 2.24) is 0 Å². The molecule has 3 nitrogen and oxygen atoms in total. The summed E-state index contributed by atoms with van der Waals surface area (Å²) in [7, 11) is -2.78. The van der Waals surface area contributed by atoms with Crippen LogP contribution in [0.25, 0.3) is 0 Å². The summed E-state index contributed by atoms with van der Waals surface area (Å²) in [6, 6.07) is 9.57. The first-order chi connectivity index (χ1) is 7.70. The number of hydrogen-bond donors (Lipinski definition) is 1. The summed E-state index contributed by atoms with van der Waals surface area (Å²) in [4.78, 5) is 9.37. The summed E-state index contributed by atoms with van der Waals surface area (Å²) in [6.45, 7) is 4.36. The van der Waals surface area contributed by atoms with Crippen LogP contribution in [0.2, 0.25) is 0 Å². The molecule has 0 aliphatic heterocycles. The van der Waals surface area contributed by atoms with Crippen LogP contribution in [-0.2, 0) is 9.09 Å². The third kappa shape index (κ3) is 10.2. The van der Waals surface area contributed by atoms with E-state index < -0.39 is 8.25 Å². The molecular weight excluding hydrogens is 243 g/mol. The third-order valence-corrected chi connectivity index (χ3v) is 3.09. The van der Waals surface area contributed by atoms with Gasteiger partial charge in [-0.3, -0.25) is 9.09 Å². The number of unbranched alkanes of at least 4 members (excludes halogenated alkanes) is 1. The van der Waals surface area contributed by atoms with Gasteiger partial charge in [-0.05, 0) is 12.1 Å². The van der Waals surface area contributed by atoms with E-state index >= 15 is 0 Å². The van der Waals surface area contributed by atoms with E-state index in [2.05, 4.69) is 18.4 Å². The van der Waals surface area contributed by atoms with Gasteiger partial charge in [0.25, 0.3) is 0 Å². The van der Waals surface area contributed by atoms with Gasteiger partial charge in [-0.15, -0.1) is 0 Å². The fourth-order valence-electron chi connectivity index (χ4n) is 0.665. The molecule has 1 aromatic carbocycles. The lowest BCUT2D eigenvalue weighted by Crippen LogP contribution is -1.78. The van der Waals surface area contributed by atoms with Gasteiger partial charge in [-0.25, -0.2) is 0 Å². The van der Waals surface area contributed by atoms with Crippen LogP contribution in [0.3, 0.4) is 0 Å². The predicted molar refractivity (Wildman–Crippen MR) is 70.1 cm³/mol. The predicted octanol–water partition coefficient (Wildman–Crippen LogP) is 3.94. The molecule has 16 heavy (non-hydrogen) atoms. The molecule has 0 fully saturated rings. The largest absolute Gasteiger partial charge is 0.326 e. The molecule has 0 heterocycles. The van der Waals surface area contributed by atoms with Crippen LogP contribution in [0.5, 0.6) is 0 Å². The first-order valence-electron chi connectivity index (χ1n) is 5.24. The first-order valence-corrected chi connectivity index (χ1v) is 7.49. The monoisotopic (exact) mass is 262 g/mol. The lowest BCUT2D eigenvalue weighted by Gasteiger charge is -1.99. The van der Waals surface area contributed by atoms with E-state index in [4.69, 9.17) is 4.89 Å². The van der Waals surface area contributed by atoms with Crippen molar-refractivity contribution in [2.75, 3.05) is 5.94 Å². The molecule has 1 N–H and O–H groups in total. The second-order valence-electron chi connectivity index (χ2n) is 2.99. The zero-order valence-electron chi connectivity index (χ0n) is 9.68. The minimum absolute atomic E-state index is 0.221. The maximum absolute atomic E-state index is 10.1. The third-order valence-electron chi connectivity index (χ3n) is 1.65. The Bertz CT molecular complexity index is 278. The zero-order valence-corrected chi connectivity index (χ0v) is 11.5. The Kier molecular flexibility index (Phi) is 11.0. The van der Waals surface area contributed by atoms with Gasteiger partial charge in [0.1, 0.15) is 5.94 Å². The van der Waals surface area contributed by atoms with Crippen LogP contribution in [0.4, 0.5) is 0 Å². The van der Waals surface area contributed by atoms with Gasteiger partial charge in [0.2, 0.25) is 0 Å². The van der Waals surface area contributed by atoms with Crippen molar-refractivity contribution in [3.8, 4) is 0 Å². The van der Waals surface area contributed by atoms with Crippen LogP contribution in [0, 0.1) is 0 Å². The van der Waals surface area contributed by atoms with E-state index in [0.717, 1.165) is 4.90 Å². The molecular formula is C11H19O3PS. The molecule has 0 saturated carbocycles. The SMILES string of the molecule is CCCC.O=[PH](O)OCSc1ccccc1. The van der Waals surface area contributed by atoms with E-state index in [-0.39, 0.29) is 5.94 Å². The molecule has 0 saturated heterocycles. The number of benzene rings is 1. The Morgan fingerprint density at radius 1 is 1.25 bits per heavy atom. The molecule has 0 bridgehead atoms. The minimum Gasteiger partial charge on any atom is -0.326 e. The quantitative estimate of drug-likeness (QED) is 0.496. The van der Waals surface area contributed by atoms with Crippen molar-refractivity contribution >= 4 is 20.0 Å². The van der Waals surface area contributed by atoms with Crippen LogP contribution >= 0.6 is 20.0 Å².